The molecule has 0 saturated heterocycles. The third kappa shape index (κ3) is 4.02. The lowest BCUT2D eigenvalue weighted by Crippen LogP contribution is -2.17. The van der Waals surface area contributed by atoms with E-state index in [4.69, 9.17) is 0 Å². The van der Waals surface area contributed by atoms with Gasteiger partial charge in [0.25, 0.3) is 0 Å². The average molecular weight is 433 g/mol. The van der Waals surface area contributed by atoms with Crippen LogP contribution in [0.3, 0.4) is 0 Å². The van der Waals surface area contributed by atoms with Crippen molar-refractivity contribution in [3.05, 3.63) is 45.8 Å². The minimum Gasteiger partial charge on any atom is -0.406 e. The Labute approximate surface area is 134 Å². The number of ether oxygens (including phenoxy) is 1. The first-order chi connectivity index (χ1) is 10.1. The molecule has 1 aromatic heterocycles. The first kappa shape index (κ1) is 16.8. The molecule has 0 atom stereocenters. The third-order valence-electron chi connectivity index (χ3n) is 2.55. The fourth-order valence-corrected chi connectivity index (χ4v) is 2.48. The third-order valence-corrected chi connectivity index (χ3v) is 3.44. The SMILES string of the molecule is FC(F)(F)Oc1ccc(-c2c(I)ccnc2C(F)(F)F)cc1. The van der Waals surface area contributed by atoms with Crippen molar-refractivity contribution in [1.82, 2.24) is 4.98 Å². The van der Waals surface area contributed by atoms with Gasteiger partial charge in [0.1, 0.15) is 5.75 Å². The molecule has 2 aromatic rings. The second-order valence-electron chi connectivity index (χ2n) is 4.09. The van der Waals surface area contributed by atoms with E-state index >= 15 is 0 Å². The van der Waals surface area contributed by atoms with Crippen molar-refractivity contribution in [3.8, 4) is 16.9 Å². The van der Waals surface area contributed by atoms with Gasteiger partial charge in [-0.05, 0) is 46.4 Å². The van der Waals surface area contributed by atoms with E-state index in [1.165, 1.54) is 6.07 Å². The monoisotopic (exact) mass is 433 g/mol. The van der Waals surface area contributed by atoms with Gasteiger partial charge in [-0.15, -0.1) is 13.2 Å². The van der Waals surface area contributed by atoms with Gasteiger partial charge in [-0.1, -0.05) is 12.1 Å². The number of hydrogen-bond acceptors (Lipinski definition) is 2. The maximum atomic E-state index is 13.0. The van der Waals surface area contributed by atoms with Gasteiger partial charge in [0.05, 0.1) is 0 Å². The van der Waals surface area contributed by atoms with Crippen molar-refractivity contribution >= 4 is 22.6 Å². The average Bonchev–Trinajstić information content (AvgIpc) is 2.37. The standard InChI is InChI=1S/C13H6F6INO/c14-12(15,16)11-10(9(20)5-6-21-11)7-1-3-8(4-2-7)22-13(17,18)19/h1-6H. The smallest absolute Gasteiger partial charge is 0.406 e. The fourth-order valence-electron chi connectivity index (χ4n) is 1.75. The fraction of sp³-hybridized carbons (Fsp3) is 0.154. The summed E-state index contributed by atoms with van der Waals surface area (Å²) in [6.45, 7) is 0. The van der Waals surface area contributed by atoms with Gasteiger partial charge in [0.15, 0.2) is 5.69 Å². The summed E-state index contributed by atoms with van der Waals surface area (Å²) >= 11 is 1.71. The quantitative estimate of drug-likeness (QED) is 0.476. The summed E-state index contributed by atoms with van der Waals surface area (Å²) in [5, 5.41) is 0. The Hall–Kier alpha value is -1.52. The number of pyridine rings is 1. The van der Waals surface area contributed by atoms with Gasteiger partial charge in [-0.25, -0.2) is 0 Å². The van der Waals surface area contributed by atoms with E-state index < -0.39 is 24.0 Å². The number of nitrogens with zero attached hydrogens (tertiary/aromatic N) is 1. The lowest BCUT2D eigenvalue weighted by atomic mass is 10.0. The molecule has 2 nitrogen and oxygen atoms in total. The molecule has 0 unspecified atom stereocenters. The molecule has 0 spiro atoms. The molecule has 22 heavy (non-hydrogen) atoms. The van der Waals surface area contributed by atoms with Crippen LogP contribution in [0.25, 0.3) is 11.1 Å². The van der Waals surface area contributed by atoms with Crippen LogP contribution >= 0.6 is 22.6 Å². The lowest BCUT2D eigenvalue weighted by molar-refractivity contribution is -0.274. The minimum atomic E-state index is -4.86. The Kier molecular flexibility index (Phi) is 4.54. The molecular formula is C13H6F6INO. The molecule has 0 aliphatic heterocycles. The van der Waals surface area contributed by atoms with Crippen LogP contribution in [0.15, 0.2) is 36.5 Å². The van der Waals surface area contributed by atoms with Crippen molar-refractivity contribution in [3.63, 3.8) is 0 Å². The zero-order valence-corrected chi connectivity index (χ0v) is 12.6. The van der Waals surface area contributed by atoms with E-state index in [1.807, 2.05) is 0 Å². The predicted molar refractivity (Wildman–Crippen MR) is 74.1 cm³/mol. The summed E-state index contributed by atoms with van der Waals surface area (Å²) in [6.07, 6.45) is -8.51. The van der Waals surface area contributed by atoms with Crippen LogP contribution in [-0.4, -0.2) is 11.3 Å². The molecule has 0 fully saturated rings. The van der Waals surface area contributed by atoms with Crippen LogP contribution < -0.4 is 4.74 Å². The number of halogens is 7. The molecule has 0 radical (unpaired) electrons. The molecular weight excluding hydrogens is 427 g/mol. The Morgan fingerprint density at radius 1 is 0.909 bits per heavy atom. The van der Waals surface area contributed by atoms with Gasteiger partial charge in [-0.3, -0.25) is 4.98 Å². The van der Waals surface area contributed by atoms with Gasteiger partial charge in [0, 0.05) is 15.3 Å². The molecule has 0 aliphatic carbocycles. The van der Waals surface area contributed by atoms with Gasteiger partial charge < -0.3 is 4.74 Å². The van der Waals surface area contributed by atoms with Crippen molar-refractivity contribution in [2.24, 2.45) is 0 Å². The maximum Gasteiger partial charge on any atom is 0.573 e. The highest BCUT2D eigenvalue weighted by molar-refractivity contribution is 14.1. The summed E-state index contributed by atoms with van der Waals surface area (Å²) < 4.78 is 79.1. The van der Waals surface area contributed by atoms with Crippen molar-refractivity contribution < 1.29 is 31.1 Å². The van der Waals surface area contributed by atoms with E-state index in [-0.39, 0.29) is 14.7 Å². The second-order valence-corrected chi connectivity index (χ2v) is 5.25. The van der Waals surface area contributed by atoms with E-state index in [0.717, 1.165) is 30.5 Å². The summed E-state index contributed by atoms with van der Waals surface area (Å²) in [6, 6.07) is 5.52. The van der Waals surface area contributed by atoms with Crippen LogP contribution in [0.2, 0.25) is 0 Å². The molecule has 9 heteroatoms. The number of aromatic nitrogens is 1. The van der Waals surface area contributed by atoms with Crippen molar-refractivity contribution in [1.29, 1.82) is 0 Å². The minimum absolute atomic E-state index is 0.0966. The molecule has 2 rings (SSSR count). The summed E-state index contributed by atoms with van der Waals surface area (Å²) in [4.78, 5) is 3.33. The number of alkyl halides is 6. The number of benzene rings is 1. The Morgan fingerprint density at radius 3 is 2.00 bits per heavy atom. The Balaban J connectivity index is 2.45. The van der Waals surface area contributed by atoms with Gasteiger partial charge >= 0.3 is 12.5 Å². The highest BCUT2D eigenvalue weighted by Crippen LogP contribution is 2.38. The van der Waals surface area contributed by atoms with Crippen LogP contribution in [0, 0.1) is 3.57 Å². The molecule has 0 saturated carbocycles. The largest absolute Gasteiger partial charge is 0.573 e. The highest BCUT2D eigenvalue weighted by Gasteiger charge is 2.36. The van der Waals surface area contributed by atoms with Crippen molar-refractivity contribution in [2.75, 3.05) is 0 Å². The molecule has 0 amide bonds. The predicted octanol–water partition coefficient (Wildman–Crippen LogP) is 5.27. The summed E-state index contributed by atoms with van der Waals surface area (Å²) in [5.41, 5.74) is -1.18. The molecule has 118 valence electrons. The zero-order valence-electron chi connectivity index (χ0n) is 10.5. The van der Waals surface area contributed by atoms with Crippen LogP contribution in [0.1, 0.15) is 5.69 Å². The van der Waals surface area contributed by atoms with Gasteiger partial charge in [0.2, 0.25) is 0 Å². The Morgan fingerprint density at radius 2 is 1.50 bits per heavy atom. The molecule has 0 aliphatic rings. The van der Waals surface area contributed by atoms with Crippen LogP contribution in [-0.2, 0) is 6.18 Å². The first-order valence-electron chi connectivity index (χ1n) is 5.66. The second kappa shape index (κ2) is 5.94. The lowest BCUT2D eigenvalue weighted by Gasteiger charge is -2.14. The van der Waals surface area contributed by atoms with Crippen molar-refractivity contribution in [2.45, 2.75) is 12.5 Å². The zero-order chi connectivity index (χ0) is 16.5. The van der Waals surface area contributed by atoms with E-state index in [9.17, 15) is 26.3 Å². The topological polar surface area (TPSA) is 22.1 Å². The maximum absolute atomic E-state index is 13.0. The van der Waals surface area contributed by atoms with E-state index in [0.29, 0.717) is 0 Å². The Bertz CT molecular complexity index is 666. The van der Waals surface area contributed by atoms with Gasteiger partial charge in [-0.2, -0.15) is 13.2 Å². The molecule has 1 heterocycles. The number of rotatable bonds is 2. The number of hydrogen-bond donors (Lipinski definition) is 0. The summed E-state index contributed by atoms with van der Waals surface area (Å²) in [7, 11) is 0. The normalized spacial score (nSPS) is 12.3. The molecule has 0 bridgehead atoms. The van der Waals surface area contributed by atoms with E-state index in [2.05, 4.69) is 9.72 Å². The summed E-state index contributed by atoms with van der Waals surface area (Å²) in [5.74, 6) is -0.510. The first-order valence-corrected chi connectivity index (χ1v) is 6.74. The van der Waals surface area contributed by atoms with Crippen LogP contribution in [0.4, 0.5) is 26.3 Å². The van der Waals surface area contributed by atoms with E-state index in [1.54, 1.807) is 22.6 Å². The molecule has 1 aromatic carbocycles. The highest BCUT2D eigenvalue weighted by atomic mass is 127. The molecule has 0 N–H and O–H groups in total. The van der Waals surface area contributed by atoms with Crippen LogP contribution in [0.5, 0.6) is 5.75 Å².